The van der Waals surface area contributed by atoms with Gasteiger partial charge in [0.1, 0.15) is 0 Å². The van der Waals surface area contributed by atoms with Gasteiger partial charge in [-0.25, -0.2) is 0 Å². The SMILES string of the molecule is CC1CCC(Cn2c(=S)[nH]c3ccc(Cl)cc32)C1. The summed E-state index contributed by atoms with van der Waals surface area (Å²) in [5.74, 6) is 1.61. The second-order valence-electron chi connectivity index (χ2n) is 5.49. The van der Waals surface area contributed by atoms with Gasteiger partial charge in [-0.1, -0.05) is 24.9 Å². The van der Waals surface area contributed by atoms with Gasteiger partial charge in [-0.3, -0.25) is 0 Å². The van der Waals surface area contributed by atoms with Gasteiger partial charge in [0.2, 0.25) is 0 Å². The highest BCUT2D eigenvalue weighted by atomic mass is 35.5. The summed E-state index contributed by atoms with van der Waals surface area (Å²) in [6.45, 7) is 3.36. The number of aromatic amines is 1. The molecule has 2 nitrogen and oxygen atoms in total. The van der Waals surface area contributed by atoms with Crippen LogP contribution in [0, 0.1) is 16.6 Å². The van der Waals surface area contributed by atoms with E-state index in [0.29, 0.717) is 0 Å². The molecule has 4 heteroatoms. The highest BCUT2D eigenvalue weighted by Gasteiger charge is 2.22. The molecule has 1 aliphatic rings. The topological polar surface area (TPSA) is 20.7 Å². The number of fused-ring (bicyclic) bond motifs is 1. The Morgan fingerprint density at radius 1 is 1.44 bits per heavy atom. The van der Waals surface area contributed by atoms with Crippen LogP contribution in [0.25, 0.3) is 11.0 Å². The van der Waals surface area contributed by atoms with Crippen molar-refractivity contribution in [3.63, 3.8) is 0 Å². The van der Waals surface area contributed by atoms with Gasteiger partial charge in [0.25, 0.3) is 0 Å². The number of aromatic nitrogens is 2. The number of halogens is 1. The van der Waals surface area contributed by atoms with Gasteiger partial charge in [0, 0.05) is 11.6 Å². The number of hydrogen-bond donors (Lipinski definition) is 1. The molecule has 0 spiro atoms. The predicted octanol–water partition coefficient (Wildman–Crippen LogP) is 4.79. The van der Waals surface area contributed by atoms with Gasteiger partial charge in [-0.2, -0.15) is 0 Å². The first kappa shape index (κ1) is 12.2. The minimum atomic E-state index is 0.754. The van der Waals surface area contributed by atoms with Crippen LogP contribution in [0.15, 0.2) is 18.2 Å². The van der Waals surface area contributed by atoms with E-state index >= 15 is 0 Å². The fourth-order valence-corrected chi connectivity index (χ4v) is 3.51. The van der Waals surface area contributed by atoms with E-state index in [9.17, 15) is 0 Å². The zero-order chi connectivity index (χ0) is 12.7. The second-order valence-corrected chi connectivity index (χ2v) is 6.31. The number of H-pyrrole nitrogens is 1. The number of rotatable bonds is 2. The Labute approximate surface area is 117 Å². The third-order valence-electron chi connectivity index (χ3n) is 3.98. The Hall–Kier alpha value is -0.800. The quantitative estimate of drug-likeness (QED) is 0.785. The molecule has 0 amide bonds. The van der Waals surface area contributed by atoms with Crippen molar-refractivity contribution >= 4 is 34.9 Å². The molecule has 1 aliphatic carbocycles. The first-order chi connectivity index (χ1) is 8.63. The zero-order valence-electron chi connectivity index (χ0n) is 10.4. The van der Waals surface area contributed by atoms with Gasteiger partial charge in [0.15, 0.2) is 4.77 Å². The van der Waals surface area contributed by atoms with E-state index in [0.717, 1.165) is 39.2 Å². The summed E-state index contributed by atoms with van der Waals surface area (Å²) < 4.78 is 3.02. The second kappa shape index (κ2) is 4.71. The van der Waals surface area contributed by atoms with E-state index in [-0.39, 0.29) is 0 Å². The Morgan fingerprint density at radius 2 is 2.28 bits per heavy atom. The van der Waals surface area contributed by atoms with Crippen molar-refractivity contribution < 1.29 is 0 Å². The number of benzene rings is 1. The molecule has 18 heavy (non-hydrogen) atoms. The van der Waals surface area contributed by atoms with E-state index < -0.39 is 0 Å². The molecule has 3 rings (SSSR count). The molecule has 0 saturated heterocycles. The van der Waals surface area contributed by atoms with Gasteiger partial charge in [-0.15, -0.1) is 0 Å². The number of hydrogen-bond acceptors (Lipinski definition) is 1. The monoisotopic (exact) mass is 280 g/mol. The maximum absolute atomic E-state index is 6.08. The normalized spacial score (nSPS) is 23.9. The molecule has 2 aromatic rings. The largest absolute Gasteiger partial charge is 0.331 e. The van der Waals surface area contributed by atoms with Gasteiger partial charge in [0.05, 0.1) is 11.0 Å². The summed E-state index contributed by atoms with van der Waals surface area (Å²) >= 11 is 11.5. The number of nitrogens with zero attached hydrogens (tertiary/aromatic N) is 1. The molecule has 0 aliphatic heterocycles. The van der Waals surface area contributed by atoms with Crippen molar-refractivity contribution in [2.45, 2.75) is 32.7 Å². The van der Waals surface area contributed by atoms with Crippen LogP contribution in [0.5, 0.6) is 0 Å². The summed E-state index contributed by atoms with van der Waals surface area (Å²) in [6.07, 6.45) is 3.98. The lowest BCUT2D eigenvalue weighted by Gasteiger charge is -2.11. The third-order valence-corrected chi connectivity index (χ3v) is 4.54. The van der Waals surface area contributed by atoms with E-state index in [2.05, 4.69) is 16.5 Å². The van der Waals surface area contributed by atoms with E-state index in [4.69, 9.17) is 23.8 Å². The van der Waals surface area contributed by atoms with Gasteiger partial charge < -0.3 is 9.55 Å². The van der Waals surface area contributed by atoms with E-state index in [1.54, 1.807) is 0 Å². The Bertz CT molecular complexity index is 628. The minimum absolute atomic E-state index is 0.754. The van der Waals surface area contributed by atoms with Crippen LogP contribution in [-0.4, -0.2) is 9.55 Å². The maximum Gasteiger partial charge on any atom is 0.178 e. The van der Waals surface area contributed by atoms with Crippen molar-refractivity contribution in [3.8, 4) is 0 Å². The molecule has 1 aromatic heterocycles. The lowest BCUT2D eigenvalue weighted by Crippen LogP contribution is -2.07. The van der Waals surface area contributed by atoms with Crippen LogP contribution in [-0.2, 0) is 6.54 Å². The van der Waals surface area contributed by atoms with Crippen LogP contribution in [0.4, 0.5) is 0 Å². The molecule has 1 saturated carbocycles. The molecule has 96 valence electrons. The van der Waals surface area contributed by atoms with Gasteiger partial charge in [-0.05, 0) is 55.1 Å². The smallest absolute Gasteiger partial charge is 0.178 e. The summed E-state index contributed by atoms with van der Waals surface area (Å²) in [6, 6.07) is 5.90. The van der Waals surface area contributed by atoms with E-state index in [1.165, 1.54) is 19.3 Å². The minimum Gasteiger partial charge on any atom is -0.331 e. The maximum atomic E-state index is 6.08. The highest BCUT2D eigenvalue weighted by molar-refractivity contribution is 7.71. The number of nitrogens with one attached hydrogen (secondary N) is 1. The molecule has 1 fully saturated rings. The molecule has 2 unspecified atom stereocenters. The first-order valence-corrected chi connectivity index (χ1v) is 7.30. The fraction of sp³-hybridized carbons (Fsp3) is 0.500. The lowest BCUT2D eigenvalue weighted by molar-refractivity contribution is 0.444. The standard InChI is InChI=1S/C14H17ClN2S/c1-9-2-3-10(6-9)8-17-13-7-11(15)4-5-12(13)16-14(17)18/h4-5,7,9-10H,2-3,6,8H2,1H3,(H,16,18). The Kier molecular flexibility index (Phi) is 3.20. The van der Waals surface area contributed by atoms with Crippen molar-refractivity contribution in [1.29, 1.82) is 0 Å². The van der Waals surface area contributed by atoms with Crippen LogP contribution < -0.4 is 0 Å². The molecule has 1 heterocycles. The van der Waals surface area contributed by atoms with Crippen molar-refractivity contribution in [2.24, 2.45) is 11.8 Å². The van der Waals surface area contributed by atoms with Gasteiger partial charge >= 0.3 is 0 Å². The average molecular weight is 281 g/mol. The highest BCUT2D eigenvalue weighted by Crippen LogP contribution is 2.32. The van der Waals surface area contributed by atoms with Crippen LogP contribution in [0.1, 0.15) is 26.2 Å². The van der Waals surface area contributed by atoms with Crippen LogP contribution in [0.3, 0.4) is 0 Å². The van der Waals surface area contributed by atoms with Crippen LogP contribution in [0.2, 0.25) is 5.02 Å². The summed E-state index contributed by atoms with van der Waals surface area (Å²) in [5.41, 5.74) is 2.21. The average Bonchev–Trinajstić information content (AvgIpc) is 2.86. The summed E-state index contributed by atoms with van der Waals surface area (Å²) in [4.78, 5) is 3.26. The zero-order valence-corrected chi connectivity index (χ0v) is 12.0. The molecular formula is C14H17ClN2S. The van der Waals surface area contributed by atoms with Crippen molar-refractivity contribution in [2.75, 3.05) is 0 Å². The predicted molar refractivity (Wildman–Crippen MR) is 78.6 cm³/mol. The lowest BCUT2D eigenvalue weighted by atomic mass is 10.1. The number of imidazole rings is 1. The third kappa shape index (κ3) is 2.21. The molecule has 1 N–H and O–H groups in total. The Morgan fingerprint density at radius 3 is 3.00 bits per heavy atom. The van der Waals surface area contributed by atoms with Crippen molar-refractivity contribution in [1.82, 2.24) is 9.55 Å². The molecule has 1 aromatic carbocycles. The van der Waals surface area contributed by atoms with Crippen molar-refractivity contribution in [3.05, 3.63) is 28.0 Å². The molecule has 0 bridgehead atoms. The fourth-order valence-electron chi connectivity index (χ4n) is 3.06. The summed E-state index contributed by atoms with van der Waals surface area (Å²) in [5, 5.41) is 0.769. The first-order valence-electron chi connectivity index (χ1n) is 6.51. The van der Waals surface area contributed by atoms with E-state index in [1.807, 2.05) is 18.2 Å². The molecule has 0 radical (unpaired) electrons. The Balaban J connectivity index is 1.98. The molecule has 2 atom stereocenters. The molecular weight excluding hydrogens is 264 g/mol. The van der Waals surface area contributed by atoms with Crippen LogP contribution >= 0.6 is 23.8 Å². The summed E-state index contributed by atoms with van der Waals surface area (Å²) in [7, 11) is 0.